The van der Waals surface area contributed by atoms with E-state index < -0.39 is 0 Å². The topological polar surface area (TPSA) is 15.7 Å². The summed E-state index contributed by atoms with van der Waals surface area (Å²) in [5.74, 6) is 0.943. The molecular formula is C17H26N2O. The summed E-state index contributed by atoms with van der Waals surface area (Å²) in [4.78, 5) is 5.36. The molecule has 20 heavy (non-hydrogen) atoms. The standard InChI is InChI=1S/C17H26N2O/c1-14(15-6-8-17(20-2)9-7-15)19-12-4-11-18-10-3-5-16(18)13-19/h6-9,14,16H,3-5,10-13H2,1-2H3. The van der Waals surface area contributed by atoms with Crippen molar-refractivity contribution in [2.45, 2.75) is 38.3 Å². The molecule has 2 unspecified atom stereocenters. The van der Waals surface area contributed by atoms with Crippen molar-refractivity contribution in [2.75, 3.05) is 33.3 Å². The fraction of sp³-hybridized carbons (Fsp3) is 0.647. The lowest BCUT2D eigenvalue weighted by molar-refractivity contribution is 0.182. The number of methoxy groups -OCH3 is 1. The van der Waals surface area contributed by atoms with E-state index >= 15 is 0 Å². The molecule has 0 spiro atoms. The van der Waals surface area contributed by atoms with Crippen molar-refractivity contribution in [1.29, 1.82) is 0 Å². The van der Waals surface area contributed by atoms with E-state index in [-0.39, 0.29) is 0 Å². The minimum Gasteiger partial charge on any atom is -0.497 e. The molecule has 0 N–H and O–H groups in total. The Bertz CT molecular complexity index is 431. The molecule has 0 saturated carbocycles. The zero-order valence-electron chi connectivity index (χ0n) is 12.7. The molecule has 1 aromatic rings. The van der Waals surface area contributed by atoms with Gasteiger partial charge in [0.05, 0.1) is 7.11 Å². The third-order valence-corrected chi connectivity index (χ3v) is 4.98. The van der Waals surface area contributed by atoms with Gasteiger partial charge in [0.25, 0.3) is 0 Å². The van der Waals surface area contributed by atoms with E-state index in [9.17, 15) is 0 Å². The number of nitrogens with zero attached hydrogens (tertiary/aromatic N) is 2. The van der Waals surface area contributed by atoms with Crippen LogP contribution in [0.5, 0.6) is 5.75 Å². The third-order valence-electron chi connectivity index (χ3n) is 4.98. The minimum atomic E-state index is 0.501. The molecule has 2 heterocycles. The van der Waals surface area contributed by atoms with Crippen LogP contribution in [0.15, 0.2) is 24.3 Å². The summed E-state index contributed by atoms with van der Waals surface area (Å²) in [5.41, 5.74) is 1.40. The van der Waals surface area contributed by atoms with Crippen LogP contribution in [0, 0.1) is 0 Å². The van der Waals surface area contributed by atoms with E-state index in [1.54, 1.807) is 7.11 Å². The highest BCUT2D eigenvalue weighted by Crippen LogP contribution is 2.28. The summed E-state index contributed by atoms with van der Waals surface area (Å²) < 4.78 is 5.25. The van der Waals surface area contributed by atoms with Gasteiger partial charge < -0.3 is 4.74 Å². The molecule has 110 valence electrons. The Hall–Kier alpha value is -1.06. The number of benzene rings is 1. The van der Waals surface area contributed by atoms with Crippen LogP contribution < -0.4 is 4.74 Å². The van der Waals surface area contributed by atoms with E-state index in [2.05, 4.69) is 41.0 Å². The monoisotopic (exact) mass is 274 g/mol. The summed E-state index contributed by atoms with van der Waals surface area (Å²) in [5, 5.41) is 0. The molecule has 3 heteroatoms. The maximum absolute atomic E-state index is 5.25. The first-order valence-corrected chi connectivity index (χ1v) is 7.90. The van der Waals surface area contributed by atoms with Gasteiger partial charge in [-0.3, -0.25) is 9.80 Å². The first-order valence-electron chi connectivity index (χ1n) is 7.90. The lowest BCUT2D eigenvalue weighted by atomic mass is 10.1. The van der Waals surface area contributed by atoms with Crippen molar-refractivity contribution in [3.63, 3.8) is 0 Å². The molecule has 2 atom stereocenters. The fourth-order valence-electron chi connectivity index (χ4n) is 3.68. The van der Waals surface area contributed by atoms with Crippen molar-refractivity contribution < 1.29 is 4.74 Å². The number of ether oxygens (including phenoxy) is 1. The molecule has 0 radical (unpaired) electrons. The predicted octanol–water partition coefficient (Wildman–Crippen LogP) is 2.93. The zero-order valence-corrected chi connectivity index (χ0v) is 12.7. The average Bonchev–Trinajstić information content (AvgIpc) is 2.83. The van der Waals surface area contributed by atoms with Crippen LogP contribution >= 0.6 is 0 Å². The first-order chi connectivity index (χ1) is 9.78. The number of hydrogen-bond donors (Lipinski definition) is 0. The van der Waals surface area contributed by atoms with Gasteiger partial charge in [0.2, 0.25) is 0 Å². The van der Waals surface area contributed by atoms with Gasteiger partial charge in [-0.15, -0.1) is 0 Å². The maximum Gasteiger partial charge on any atom is 0.118 e. The maximum atomic E-state index is 5.25. The molecule has 3 rings (SSSR count). The second-order valence-corrected chi connectivity index (χ2v) is 6.13. The molecule has 0 aliphatic carbocycles. The minimum absolute atomic E-state index is 0.501. The summed E-state index contributed by atoms with van der Waals surface area (Å²) in [6, 6.07) is 9.86. The molecule has 0 bridgehead atoms. The highest BCUT2D eigenvalue weighted by molar-refractivity contribution is 5.29. The summed E-state index contributed by atoms with van der Waals surface area (Å²) >= 11 is 0. The third kappa shape index (κ3) is 2.84. The molecule has 0 amide bonds. The Morgan fingerprint density at radius 2 is 1.85 bits per heavy atom. The lowest BCUT2D eigenvalue weighted by Crippen LogP contribution is -2.37. The van der Waals surface area contributed by atoms with Crippen molar-refractivity contribution in [3.8, 4) is 5.75 Å². The van der Waals surface area contributed by atoms with Crippen molar-refractivity contribution >= 4 is 0 Å². The molecule has 3 nitrogen and oxygen atoms in total. The fourth-order valence-corrected chi connectivity index (χ4v) is 3.68. The Labute approximate surface area is 122 Å². The largest absolute Gasteiger partial charge is 0.497 e. The molecular weight excluding hydrogens is 248 g/mol. The molecule has 2 fully saturated rings. The molecule has 2 saturated heterocycles. The molecule has 0 aromatic heterocycles. The quantitative estimate of drug-likeness (QED) is 0.843. The van der Waals surface area contributed by atoms with E-state index in [1.807, 2.05) is 0 Å². The van der Waals surface area contributed by atoms with E-state index in [4.69, 9.17) is 4.74 Å². The van der Waals surface area contributed by atoms with Gasteiger partial charge in [-0.05, 0) is 57.0 Å². The van der Waals surface area contributed by atoms with Gasteiger partial charge in [-0.25, -0.2) is 0 Å². The Balaban J connectivity index is 1.70. The van der Waals surface area contributed by atoms with Crippen LogP contribution in [-0.4, -0.2) is 49.1 Å². The summed E-state index contributed by atoms with van der Waals surface area (Å²) in [6.45, 7) is 7.39. The molecule has 2 aliphatic heterocycles. The molecule has 2 aliphatic rings. The Kier molecular flexibility index (Phi) is 4.27. The van der Waals surface area contributed by atoms with Crippen molar-refractivity contribution in [1.82, 2.24) is 9.80 Å². The van der Waals surface area contributed by atoms with Crippen LogP contribution in [0.2, 0.25) is 0 Å². The number of hydrogen-bond acceptors (Lipinski definition) is 3. The number of rotatable bonds is 3. The smallest absolute Gasteiger partial charge is 0.118 e. The van der Waals surface area contributed by atoms with Gasteiger partial charge in [-0.2, -0.15) is 0 Å². The zero-order chi connectivity index (χ0) is 13.9. The van der Waals surface area contributed by atoms with Crippen LogP contribution in [0.25, 0.3) is 0 Å². The number of fused-ring (bicyclic) bond motifs is 1. The SMILES string of the molecule is COc1ccc(C(C)N2CCCN3CCCC3C2)cc1. The Morgan fingerprint density at radius 3 is 2.60 bits per heavy atom. The first kappa shape index (κ1) is 13.9. The van der Waals surface area contributed by atoms with Crippen LogP contribution in [0.1, 0.15) is 37.8 Å². The van der Waals surface area contributed by atoms with Gasteiger partial charge in [0, 0.05) is 25.2 Å². The van der Waals surface area contributed by atoms with Crippen molar-refractivity contribution in [3.05, 3.63) is 29.8 Å². The summed E-state index contributed by atoms with van der Waals surface area (Å²) in [7, 11) is 1.72. The van der Waals surface area contributed by atoms with Gasteiger partial charge >= 0.3 is 0 Å². The lowest BCUT2D eigenvalue weighted by Gasteiger charge is -2.31. The van der Waals surface area contributed by atoms with Gasteiger partial charge in [0.1, 0.15) is 5.75 Å². The van der Waals surface area contributed by atoms with Crippen LogP contribution in [0.3, 0.4) is 0 Å². The van der Waals surface area contributed by atoms with Gasteiger partial charge in [-0.1, -0.05) is 12.1 Å². The van der Waals surface area contributed by atoms with E-state index in [0.717, 1.165) is 11.8 Å². The second-order valence-electron chi connectivity index (χ2n) is 6.13. The molecule has 1 aromatic carbocycles. The predicted molar refractivity (Wildman–Crippen MR) is 82.2 cm³/mol. The highest BCUT2D eigenvalue weighted by atomic mass is 16.5. The highest BCUT2D eigenvalue weighted by Gasteiger charge is 2.30. The summed E-state index contributed by atoms with van der Waals surface area (Å²) in [6.07, 6.45) is 4.07. The Morgan fingerprint density at radius 1 is 1.10 bits per heavy atom. The van der Waals surface area contributed by atoms with Crippen LogP contribution in [0.4, 0.5) is 0 Å². The van der Waals surface area contributed by atoms with E-state index in [0.29, 0.717) is 6.04 Å². The van der Waals surface area contributed by atoms with Crippen LogP contribution in [-0.2, 0) is 0 Å². The normalized spacial score (nSPS) is 26.0. The second kappa shape index (κ2) is 6.15. The van der Waals surface area contributed by atoms with E-state index in [1.165, 1.54) is 51.0 Å². The van der Waals surface area contributed by atoms with Gasteiger partial charge in [0.15, 0.2) is 0 Å². The van der Waals surface area contributed by atoms with Crippen molar-refractivity contribution in [2.24, 2.45) is 0 Å². The average molecular weight is 274 g/mol.